The first kappa shape index (κ1) is 14.3. The maximum absolute atomic E-state index is 13.2. The minimum absolute atomic E-state index is 0.0724. The van der Waals surface area contributed by atoms with Crippen LogP contribution in [-0.4, -0.2) is 29.0 Å². The molecule has 5 nitrogen and oxygen atoms in total. The van der Waals surface area contributed by atoms with Crippen LogP contribution in [0.2, 0.25) is 0 Å². The number of rotatable bonds is 3. The molecule has 0 aliphatic carbocycles. The summed E-state index contributed by atoms with van der Waals surface area (Å²) in [5.41, 5.74) is 0.204. The monoisotopic (exact) mass is 319 g/mol. The maximum atomic E-state index is 13.2. The molecule has 0 radical (unpaired) electrons. The van der Waals surface area contributed by atoms with Gasteiger partial charge in [-0.15, -0.1) is 0 Å². The van der Waals surface area contributed by atoms with Crippen molar-refractivity contribution in [1.82, 2.24) is 15.6 Å². The van der Waals surface area contributed by atoms with Gasteiger partial charge in [-0.2, -0.15) is 0 Å². The van der Waals surface area contributed by atoms with Gasteiger partial charge in [0.1, 0.15) is 11.6 Å². The lowest BCUT2D eigenvalue weighted by Crippen LogP contribution is -2.43. The topological polar surface area (TPSA) is 67.2 Å². The lowest BCUT2D eigenvalue weighted by Gasteiger charge is -2.20. The van der Waals surface area contributed by atoms with Crippen LogP contribution in [0.1, 0.15) is 29.9 Å². The van der Waals surface area contributed by atoms with Crippen LogP contribution in [0.25, 0.3) is 11.3 Å². The van der Waals surface area contributed by atoms with Crippen LogP contribution in [0.4, 0.5) is 8.78 Å². The largest absolute Gasteiger partial charge is 0.432 e. The summed E-state index contributed by atoms with van der Waals surface area (Å²) < 4.78 is 31.8. The number of amides is 1. The predicted octanol–water partition coefficient (Wildman–Crippen LogP) is 2.24. The Morgan fingerprint density at radius 3 is 2.70 bits per heavy atom. The Morgan fingerprint density at radius 1 is 1.26 bits per heavy atom. The number of benzene rings is 1. The fourth-order valence-electron chi connectivity index (χ4n) is 3.42. The molecule has 1 amide bonds. The number of oxazole rings is 1. The maximum Gasteiger partial charge on any atom is 0.307 e. The molecule has 23 heavy (non-hydrogen) atoms. The Kier molecular flexibility index (Phi) is 3.37. The number of carbonyl (C=O) groups is 1. The first-order valence-electron chi connectivity index (χ1n) is 7.58. The number of carbonyl (C=O) groups excluding carboxylic acids is 1. The Labute approximate surface area is 131 Å². The standard InChI is InChI=1S/C16H15F2N3O2/c17-9-3-8(4-10(18)5-9)14-7-19-16(23-14)15(22)21-13-6-11-1-2-12(13)20-11/h3-5,7,11-13,20H,1-2,6H2,(H,21,22). The summed E-state index contributed by atoms with van der Waals surface area (Å²) in [6.45, 7) is 0. The Bertz CT molecular complexity index is 741. The number of aromatic nitrogens is 1. The van der Waals surface area contributed by atoms with Gasteiger partial charge in [-0.25, -0.2) is 13.8 Å². The van der Waals surface area contributed by atoms with Crippen LogP contribution in [0, 0.1) is 11.6 Å². The van der Waals surface area contributed by atoms with Crippen molar-refractivity contribution in [3.8, 4) is 11.3 Å². The summed E-state index contributed by atoms with van der Waals surface area (Å²) >= 11 is 0. The molecule has 2 fully saturated rings. The van der Waals surface area contributed by atoms with E-state index < -0.39 is 17.5 Å². The van der Waals surface area contributed by atoms with Crippen molar-refractivity contribution in [3.05, 3.63) is 41.9 Å². The van der Waals surface area contributed by atoms with Gasteiger partial charge in [-0.3, -0.25) is 4.79 Å². The van der Waals surface area contributed by atoms with Gasteiger partial charge in [-0.1, -0.05) is 0 Å². The second-order valence-corrected chi connectivity index (χ2v) is 6.05. The molecule has 0 spiro atoms. The molecule has 120 valence electrons. The van der Waals surface area contributed by atoms with Gasteiger partial charge in [0.25, 0.3) is 5.89 Å². The number of nitrogens with zero attached hydrogens (tertiary/aromatic N) is 1. The van der Waals surface area contributed by atoms with Crippen LogP contribution in [0.3, 0.4) is 0 Å². The van der Waals surface area contributed by atoms with Crippen molar-refractivity contribution in [2.75, 3.05) is 0 Å². The second-order valence-electron chi connectivity index (χ2n) is 6.05. The summed E-state index contributed by atoms with van der Waals surface area (Å²) in [5.74, 6) is -1.79. The van der Waals surface area contributed by atoms with Gasteiger partial charge in [0.05, 0.1) is 6.20 Å². The summed E-state index contributed by atoms with van der Waals surface area (Å²) in [4.78, 5) is 16.1. The normalized spacial score (nSPS) is 25.7. The highest BCUT2D eigenvalue weighted by molar-refractivity contribution is 5.90. The SMILES string of the molecule is O=C(NC1CC2CCC1N2)c1ncc(-c2cc(F)cc(F)c2)o1. The second kappa shape index (κ2) is 5.42. The molecule has 3 unspecified atom stereocenters. The van der Waals surface area contributed by atoms with E-state index in [-0.39, 0.29) is 23.3 Å². The van der Waals surface area contributed by atoms with E-state index in [2.05, 4.69) is 15.6 Å². The van der Waals surface area contributed by atoms with E-state index >= 15 is 0 Å². The smallest absolute Gasteiger partial charge is 0.307 e. The highest BCUT2D eigenvalue weighted by atomic mass is 19.1. The first-order valence-corrected chi connectivity index (χ1v) is 7.58. The molecule has 1 aromatic carbocycles. The first-order chi connectivity index (χ1) is 11.1. The molecular formula is C16H15F2N3O2. The van der Waals surface area contributed by atoms with Crippen LogP contribution in [0.15, 0.2) is 28.8 Å². The molecule has 3 atom stereocenters. The van der Waals surface area contributed by atoms with Gasteiger partial charge < -0.3 is 15.1 Å². The van der Waals surface area contributed by atoms with E-state index in [4.69, 9.17) is 4.42 Å². The van der Waals surface area contributed by atoms with Crippen LogP contribution < -0.4 is 10.6 Å². The minimum atomic E-state index is -0.713. The lowest BCUT2D eigenvalue weighted by atomic mass is 9.95. The van der Waals surface area contributed by atoms with Gasteiger partial charge in [-0.05, 0) is 31.4 Å². The Hall–Kier alpha value is -2.28. The molecule has 4 rings (SSSR count). The quantitative estimate of drug-likeness (QED) is 0.910. The lowest BCUT2D eigenvalue weighted by molar-refractivity contribution is 0.0896. The van der Waals surface area contributed by atoms with Gasteiger partial charge in [0.2, 0.25) is 0 Å². The zero-order chi connectivity index (χ0) is 16.0. The summed E-state index contributed by atoms with van der Waals surface area (Å²) in [6.07, 6.45) is 4.39. The molecule has 0 saturated carbocycles. The van der Waals surface area contributed by atoms with Crippen molar-refractivity contribution < 1.29 is 18.0 Å². The molecule has 3 heterocycles. The van der Waals surface area contributed by atoms with E-state index in [1.807, 2.05) is 0 Å². The van der Waals surface area contributed by atoms with Crippen LogP contribution in [-0.2, 0) is 0 Å². The van der Waals surface area contributed by atoms with Crippen molar-refractivity contribution in [2.45, 2.75) is 37.4 Å². The number of hydrogen-bond acceptors (Lipinski definition) is 4. The molecule has 2 aliphatic heterocycles. The fraction of sp³-hybridized carbons (Fsp3) is 0.375. The molecule has 7 heteroatoms. The van der Waals surface area contributed by atoms with E-state index in [0.29, 0.717) is 12.1 Å². The number of nitrogens with one attached hydrogen (secondary N) is 2. The van der Waals surface area contributed by atoms with Gasteiger partial charge in [0.15, 0.2) is 5.76 Å². The average molecular weight is 319 g/mol. The third-order valence-electron chi connectivity index (χ3n) is 4.46. The molecule has 2 saturated heterocycles. The van der Waals surface area contributed by atoms with Gasteiger partial charge in [0, 0.05) is 29.8 Å². The van der Waals surface area contributed by atoms with E-state index in [1.54, 1.807) is 0 Å². The van der Waals surface area contributed by atoms with Crippen molar-refractivity contribution in [3.63, 3.8) is 0 Å². The molecule has 2 aromatic rings. The molecule has 2 bridgehead atoms. The number of halogens is 2. The fourth-order valence-corrected chi connectivity index (χ4v) is 3.42. The highest BCUT2D eigenvalue weighted by Crippen LogP contribution is 2.28. The molecule has 2 N–H and O–H groups in total. The molecular weight excluding hydrogens is 304 g/mol. The van der Waals surface area contributed by atoms with Crippen molar-refractivity contribution >= 4 is 5.91 Å². The minimum Gasteiger partial charge on any atom is -0.432 e. The molecule has 2 aliphatic rings. The number of hydrogen-bond donors (Lipinski definition) is 2. The van der Waals surface area contributed by atoms with Crippen molar-refractivity contribution in [1.29, 1.82) is 0 Å². The Morgan fingerprint density at radius 2 is 2.04 bits per heavy atom. The number of fused-ring (bicyclic) bond motifs is 2. The third-order valence-corrected chi connectivity index (χ3v) is 4.46. The van der Waals surface area contributed by atoms with Crippen molar-refractivity contribution in [2.24, 2.45) is 0 Å². The highest BCUT2D eigenvalue weighted by Gasteiger charge is 2.40. The summed E-state index contributed by atoms with van der Waals surface area (Å²) in [6, 6.07) is 3.88. The van der Waals surface area contributed by atoms with E-state index in [9.17, 15) is 13.6 Å². The predicted molar refractivity (Wildman–Crippen MR) is 77.7 cm³/mol. The van der Waals surface area contributed by atoms with Gasteiger partial charge >= 0.3 is 5.91 Å². The zero-order valence-corrected chi connectivity index (χ0v) is 12.2. The van der Waals surface area contributed by atoms with E-state index in [1.165, 1.54) is 6.20 Å². The van der Waals surface area contributed by atoms with Crippen LogP contribution >= 0.6 is 0 Å². The third kappa shape index (κ3) is 2.72. The van der Waals surface area contributed by atoms with Crippen LogP contribution in [0.5, 0.6) is 0 Å². The summed E-state index contributed by atoms with van der Waals surface area (Å²) in [5, 5.41) is 6.34. The summed E-state index contributed by atoms with van der Waals surface area (Å²) in [7, 11) is 0. The molecule has 1 aromatic heterocycles. The average Bonchev–Trinajstić information content (AvgIpc) is 3.22. The van der Waals surface area contributed by atoms with E-state index in [0.717, 1.165) is 37.5 Å². The zero-order valence-electron chi connectivity index (χ0n) is 12.2. The Balaban J connectivity index is 1.50.